The van der Waals surface area contributed by atoms with Crippen molar-refractivity contribution >= 4 is 42.2 Å². The van der Waals surface area contributed by atoms with Crippen LogP contribution in [0, 0.1) is 5.92 Å². The number of carbonyl (C=O) groups excluding carboxylic acids is 1. The standard InChI is InChI=1S/C18H23N5O.2ClH/c19-16-3-1-14(2-4-16)5-8-22-18(24)15-6-11-23(12-7-15)17-13-20-9-10-21-17;;/h1-4,9-10,13,15H,5-8,11-12,19H2,(H,22,24);2*1H. The van der Waals surface area contributed by atoms with E-state index >= 15 is 0 Å². The van der Waals surface area contributed by atoms with Crippen LogP contribution in [0.1, 0.15) is 18.4 Å². The van der Waals surface area contributed by atoms with E-state index in [-0.39, 0.29) is 36.6 Å². The fourth-order valence-corrected chi connectivity index (χ4v) is 2.98. The Kier molecular flexibility index (Phi) is 9.16. The van der Waals surface area contributed by atoms with Gasteiger partial charge in [0, 0.05) is 43.6 Å². The van der Waals surface area contributed by atoms with Crippen LogP contribution < -0.4 is 16.0 Å². The van der Waals surface area contributed by atoms with E-state index in [9.17, 15) is 4.79 Å². The minimum Gasteiger partial charge on any atom is -0.399 e. The lowest BCUT2D eigenvalue weighted by Gasteiger charge is -2.31. The number of nitrogens with zero attached hydrogens (tertiary/aromatic N) is 3. The van der Waals surface area contributed by atoms with E-state index in [0.29, 0.717) is 6.54 Å². The molecule has 2 heterocycles. The molecule has 0 saturated carbocycles. The molecule has 8 heteroatoms. The van der Waals surface area contributed by atoms with Crippen LogP contribution in [0.3, 0.4) is 0 Å². The summed E-state index contributed by atoms with van der Waals surface area (Å²) >= 11 is 0. The number of aromatic nitrogens is 2. The Morgan fingerprint density at radius 3 is 2.46 bits per heavy atom. The number of benzene rings is 1. The zero-order chi connectivity index (χ0) is 16.8. The first-order valence-corrected chi connectivity index (χ1v) is 8.35. The third-order valence-corrected chi connectivity index (χ3v) is 4.43. The lowest BCUT2D eigenvalue weighted by atomic mass is 9.96. The quantitative estimate of drug-likeness (QED) is 0.756. The van der Waals surface area contributed by atoms with Crippen molar-refractivity contribution in [2.24, 2.45) is 5.92 Å². The molecule has 0 bridgehead atoms. The van der Waals surface area contributed by atoms with Gasteiger partial charge in [-0.25, -0.2) is 4.98 Å². The molecule has 2 aromatic rings. The second-order valence-electron chi connectivity index (χ2n) is 6.11. The maximum Gasteiger partial charge on any atom is 0.223 e. The number of halogens is 2. The molecule has 26 heavy (non-hydrogen) atoms. The summed E-state index contributed by atoms with van der Waals surface area (Å²) in [6.07, 6.45) is 7.67. The van der Waals surface area contributed by atoms with Gasteiger partial charge in [-0.15, -0.1) is 24.8 Å². The topological polar surface area (TPSA) is 84.1 Å². The van der Waals surface area contributed by atoms with Gasteiger partial charge in [0.25, 0.3) is 0 Å². The predicted molar refractivity (Wildman–Crippen MR) is 109 cm³/mol. The van der Waals surface area contributed by atoms with E-state index in [1.807, 2.05) is 24.3 Å². The summed E-state index contributed by atoms with van der Waals surface area (Å²) in [6.45, 7) is 2.34. The summed E-state index contributed by atoms with van der Waals surface area (Å²) in [7, 11) is 0. The van der Waals surface area contributed by atoms with Crippen molar-refractivity contribution in [3.8, 4) is 0 Å². The molecule has 1 aliphatic heterocycles. The number of nitrogen functional groups attached to an aromatic ring is 1. The monoisotopic (exact) mass is 397 g/mol. The molecule has 0 aliphatic carbocycles. The molecule has 0 radical (unpaired) electrons. The first-order chi connectivity index (χ1) is 11.7. The van der Waals surface area contributed by atoms with Crippen LogP contribution in [0.15, 0.2) is 42.9 Å². The van der Waals surface area contributed by atoms with Crippen molar-refractivity contribution in [3.05, 3.63) is 48.4 Å². The zero-order valence-corrected chi connectivity index (χ0v) is 16.1. The van der Waals surface area contributed by atoms with Crippen molar-refractivity contribution in [1.82, 2.24) is 15.3 Å². The van der Waals surface area contributed by atoms with E-state index in [1.165, 1.54) is 5.56 Å². The van der Waals surface area contributed by atoms with Crippen LogP contribution in [0.25, 0.3) is 0 Å². The van der Waals surface area contributed by atoms with Gasteiger partial charge >= 0.3 is 0 Å². The van der Waals surface area contributed by atoms with Crippen LogP contribution in [-0.2, 0) is 11.2 Å². The van der Waals surface area contributed by atoms with Crippen LogP contribution >= 0.6 is 24.8 Å². The molecule has 1 amide bonds. The summed E-state index contributed by atoms with van der Waals surface area (Å²) in [5.74, 6) is 1.13. The summed E-state index contributed by atoms with van der Waals surface area (Å²) in [6, 6.07) is 7.78. The Morgan fingerprint density at radius 2 is 1.85 bits per heavy atom. The van der Waals surface area contributed by atoms with Gasteiger partial charge in [-0.05, 0) is 37.0 Å². The molecule has 142 valence electrons. The number of anilines is 2. The van der Waals surface area contributed by atoms with Gasteiger partial charge in [0.2, 0.25) is 5.91 Å². The minimum atomic E-state index is 0. The predicted octanol–water partition coefficient (Wildman–Crippen LogP) is 2.48. The van der Waals surface area contributed by atoms with E-state index in [2.05, 4.69) is 20.2 Å². The first kappa shape index (κ1) is 22.0. The highest BCUT2D eigenvalue weighted by atomic mass is 35.5. The fraction of sp³-hybridized carbons (Fsp3) is 0.389. The van der Waals surface area contributed by atoms with Crippen LogP contribution in [0.4, 0.5) is 11.5 Å². The number of amides is 1. The smallest absolute Gasteiger partial charge is 0.223 e. The largest absolute Gasteiger partial charge is 0.399 e. The van der Waals surface area contributed by atoms with Gasteiger partial charge in [-0.2, -0.15) is 0 Å². The number of hydrogen-bond acceptors (Lipinski definition) is 5. The lowest BCUT2D eigenvalue weighted by Crippen LogP contribution is -2.41. The second kappa shape index (κ2) is 10.8. The molecule has 3 rings (SSSR count). The molecular weight excluding hydrogens is 373 g/mol. The Bertz CT molecular complexity index is 661. The van der Waals surface area contributed by atoms with E-state index in [1.54, 1.807) is 18.6 Å². The lowest BCUT2D eigenvalue weighted by molar-refractivity contribution is -0.125. The Hall–Kier alpha value is -2.05. The number of carbonyl (C=O) groups is 1. The summed E-state index contributed by atoms with van der Waals surface area (Å²) in [5, 5.41) is 3.05. The van der Waals surface area contributed by atoms with Gasteiger partial charge in [0.05, 0.1) is 6.20 Å². The van der Waals surface area contributed by atoms with E-state index < -0.39 is 0 Å². The third kappa shape index (κ3) is 6.04. The second-order valence-corrected chi connectivity index (χ2v) is 6.11. The maximum atomic E-state index is 12.3. The summed E-state index contributed by atoms with van der Waals surface area (Å²) in [5.41, 5.74) is 7.62. The number of nitrogens with one attached hydrogen (secondary N) is 1. The van der Waals surface area contributed by atoms with Crippen molar-refractivity contribution in [3.63, 3.8) is 0 Å². The minimum absolute atomic E-state index is 0. The molecular formula is C18H25Cl2N5O. The molecule has 6 nitrogen and oxygen atoms in total. The Balaban J connectivity index is 0.00000169. The summed E-state index contributed by atoms with van der Waals surface area (Å²) < 4.78 is 0. The van der Waals surface area contributed by atoms with Gasteiger partial charge in [0.15, 0.2) is 0 Å². The van der Waals surface area contributed by atoms with E-state index in [0.717, 1.165) is 43.9 Å². The Labute approximate surface area is 166 Å². The molecule has 3 N–H and O–H groups in total. The zero-order valence-electron chi connectivity index (χ0n) is 14.5. The average Bonchev–Trinajstić information content (AvgIpc) is 2.64. The SMILES string of the molecule is Cl.Cl.Nc1ccc(CCNC(=O)C2CCN(c3cnccn3)CC2)cc1. The molecule has 1 fully saturated rings. The van der Waals surface area contributed by atoms with Crippen LogP contribution in [-0.4, -0.2) is 35.5 Å². The van der Waals surface area contributed by atoms with Crippen molar-refractivity contribution in [1.29, 1.82) is 0 Å². The molecule has 0 unspecified atom stereocenters. The number of rotatable bonds is 5. The molecule has 1 aliphatic rings. The van der Waals surface area contributed by atoms with Crippen molar-refractivity contribution in [2.75, 3.05) is 30.3 Å². The highest BCUT2D eigenvalue weighted by molar-refractivity contribution is 5.85. The van der Waals surface area contributed by atoms with Crippen LogP contribution in [0.5, 0.6) is 0 Å². The van der Waals surface area contributed by atoms with Gasteiger partial charge < -0.3 is 16.0 Å². The third-order valence-electron chi connectivity index (χ3n) is 4.43. The molecule has 1 aromatic heterocycles. The van der Waals surface area contributed by atoms with Gasteiger partial charge in [-0.1, -0.05) is 12.1 Å². The molecule has 1 saturated heterocycles. The fourth-order valence-electron chi connectivity index (χ4n) is 2.98. The van der Waals surface area contributed by atoms with E-state index in [4.69, 9.17) is 5.73 Å². The number of nitrogens with two attached hydrogens (primary N) is 1. The first-order valence-electron chi connectivity index (χ1n) is 8.35. The van der Waals surface area contributed by atoms with Crippen molar-refractivity contribution in [2.45, 2.75) is 19.3 Å². The van der Waals surface area contributed by atoms with Gasteiger partial charge in [0.1, 0.15) is 5.82 Å². The number of hydrogen-bond donors (Lipinski definition) is 2. The van der Waals surface area contributed by atoms with Crippen molar-refractivity contribution < 1.29 is 4.79 Å². The highest BCUT2D eigenvalue weighted by Gasteiger charge is 2.25. The normalized spacial score (nSPS) is 14.1. The highest BCUT2D eigenvalue weighted by Crippen LogP contribution is 2.21. The average molecular weight is 398 g/mol. The molecule has 0 spiro atoms. The summed E-state index contributed by atoms with van der Waals surface area (Å²) in [4.78, 5) is 22.9. The van der Waals surface area contributed by atoms with Gasteiger partial charge in [-0.3, -0.25) is 9.78 Å². The van der Waals surface area contributed by atoms with Crippen LogP contribution in [0.2, 0.25) is 0 Å². The maximum absolute atomic E-state index is 12.3. The molecule has 1 aromatic carbocycles. The number of piperidine rings is 1. The Morgan fingerprint density at radius 1 is 1.15 bits per heavy atom. The molecule has 0 atom stereocenters.